The van der Waals surface area contributed by atoms with Gasteiger partial charge in [-0.05, 0) is 60.6 Å². The van der Waals surface area contributed by atoms with Crippen molar-refractivity contribution in [1.82, 2.24) is 4.90 Å². The summed E-state index contributed by atoms with van der Waals surface area (Å²) in [5.74, 6) is 0.308. The molecule has 1 saturated carbocycles. The topological polar surface area (TPSA) is 54.5 Å². The number of halogens is 1. The zero-order valence-electron chi connectivity index (χ0n) is 17.3. The van der Waals surface area contributed by atoms with Crippen LogP contribution in [0.2, 0.25) is 5.02 Å². The highest BCUT2D eigenvalue weighted by Crippen LogP contribution is 2.33. The number of rotatable bonds is 5. The molecule has 0 N–H and O–H groups in total. The zero-order valence-corrected chi connectivity index (χ0v) is 18.9. The standard InChI is InChI=1S/C24H28ClNO3S/c1-30(28,29)22-11-9-17(10-12-22)18-7-8-19(23(25)16-18)15-20-13-14-26(24(20)27)21-5-3-2-4-6-21/h7-12,16,20-21H,2-6,13-15H2,1H3. The van der Waals surface area contributed by atoms with Gasteiger partial charge in [-0.1, -0.05) is 55.1 Å². The minimum atomic E-state index is -3.21. The molecule has 1 saturated heterocycles. The molecular formula is C24H28ClNO3S. The molecule has 0 spiro atoms. The van der Waals surface area contributed by atoms with E-state index in [0.29, 0.717) is 28.3 Å². The number of benzene rings is 2. The maximum atomic E-state index is 13.0. The first-order valence-corrected chi connectivity index (χ1v) is 13.0. The second kappa shape index (κ2) is 8.72. The quantitative estimate of drug-likeness (QED) is 0.640. The highest BCUT2D eigenvalue weighted by atomic mass is 35.5. The minimum absolute atomic E-state index is 0.0179. The number of hydrogen-bond acceptors (Lipinski definition) is 3. The molecule has 1 aliphatic carbocycles. The maximum Gasteiger partial charge on any atom is 0.226 e. The van der Waals surface area contributed by atoms with Crippen molar-refractivity contribution < 1.29 is 13.2 Å². The van der Waals surface area contributed by atoms with Crippen LogP contribution in [0.25, 0.3) is 11.1 Å². The Bertz CT molecular complexity index is 1030. The van der Waals surface area contributed by atoms with Gasteiger partial charge in [0.15, 0.2) is 9.84 Å². The minimum Gasteiger partial charge on any atom is -0.339 e. The predicted molar refractivity (Wildman–Crippen MR) is 120 cm³/mol. The van der Waals surface area contributed by atoms with Crippen molar-refractivity contribution in [1.29, 1.82) is 0 Å². The lowest BCUT2D eigenvalue weighted by Crippen LogP contribution is -2.39. The number of carbonyl (C=O) groups is 1. The van der Waals surface area contributed by atoms with E-state index in [4.69, 9.17) is 11.6 Å². The van der Waals surface area contributed by atoms with Crippen molar-refractivity contribution in [3.05, 3.63) is 53.1 Å². The third-order valence-corrected chi connectivity index (χ3v) is 7.98. The number of carbonyl (C=O) groups excluding carboxylic acids is 1. The van der Waals surface area contributed by atoms with E-state index in [2.05, 4.69) is 4.90 Å². The van der Waals surface area contributed by atoms with Gasteiger partial charge in [0, 0.05) is 29.8 Å². The molecule has 1 aliphatic heterocycles. The molecule has 0 bridgehead atoms. The summed E-state index contributed by atoms with van der Waals surface area (Å²) in [7, 11) is -3.21. The Morgan fingerprint density at radius 2 is 1.63 bits per heavy atom. The fraction of sp³-hybridized carbons (Fsp3) is 0.458. The summed E-state index contributed by atoms with van der Waals surface area (Å²) in [5.41, 5.74) is 2.85. The van der Waals surface area contributed by atoms with Crippen LogP contribution >= 0.6 is 11.6 Å². The van der Waals surface area contributed by atoms with E-state index in [9.17, 15) is 13.2 Å². The molecule has 0 aromatic heterocycles. The molecule has 2 aromatic carbocycles. The summed E-state index contributed by atoms with van der Waals surface area (Å²) in [6.45, 7) is 0.872. The summed E-state index contributed by atoms with van der Waals surface area (Å²) >= 11 is 6.57. The van der Waals surface area contributed by atoms with Crippen molar-refractivity contribution in [2.45, 2.75) is 55.9 Å². The van der Waals surface area contributed by atoms with Crippen LogP contribution in [0, 0.1) is 5.92 Å². The highest BCUT2D eigenvalue weighted by molar-refractivity contribution is 7.90. The lowest BCUT2D eigenvalue weighted by Gasteiger charge is -2.31. The van der Waals surface area contributed by atoms with Crippen LogP contribution in [0.5, 0.6) is 0 Å². The molecule has 1 atom stereocenters. The number of nitrogens with zero attached hydrogens (tertiary/aromatic N) is 1. The molecule has 2 fully saturated rings. The average Bonchev–Trinajstić information content (AvgIpc) is 3.10. The molecular weight excluding hydrogens is 418 g/mol. The lowest BCUT2D eigenvalue weighted by atomic mass is 9.93. The Labute approximate surface area is 184 Å². The van der Waals surface area contributed by atoms with Crippen molar-refractivity contribution >= 4 is 27.3 Å². The number of hydrogen-bond donors (Lipinski definition) is 0. The van der Waals surface area contributed by atoms with Gasteiger partial charge in [-0.15, -0.1) is 0 Å². The third kappa shape index (κ3) is 4.57. The first-order valence-electron chi connectivity index (χ1n) is 10.7. The van der Waals surface area contributed by atoms with Gasteiger partial charge in [0.05, 0.1) is 4.90 Å². The molecule has 4 rings (SSSR count). The molecule has 160 valence electrons. The number of likely N-dealkylation sites (tertiary alicyclic amines) is 1. The third-order valence-electron chi connectivity index (χ3n) is 6.50. The normalized spacial score (nSPS) is 20.7. The highest BCUT2D eigenvalue weighted by Gasteiger charge is 2.36. The van der Waals surface area contributed by atoms with Crippen LogP contribution in [0.3, 0.4) is 0 Å². The van der Waals surface area contributed by atoms with Crippen LogP contribution in [0.1, 0.15) is 44.1 Å². The van der Waals surface area contributed by atoms with Crippen LogP contribution in [-0.4, -0.2) is 38.1 Å². The van der Waals surface area contributed by atoms with E-state index < -0.39 is 9.84 Å². The van der Waals surface area contributed by atoms with Gasteiger partial charge in [0.2, 0.25) is 5.91 Å². The largest absolute Gasteiger partial charge is 0.339 e. The number of sulfone groups is 1. The van der Waals surface area contributed by atoms with Gasteiger partial charge in [-0.2, -0.15) is 0 Å². The van der Waals surface area contributed by atoms with Crippen LogP contribution in [-0.2, 0) is 21.1 Å². The van der Waals surface area contributed by atoms with Crippen LogP contribution in [0.15, 0.2) is 47.4 Å². The second-order valence-electron chi connectivity index (χ2n) is 8.62. The molecule has 30 heavy (non-hydrogen) atoms. The first kappa shape index (κ1) is 21.4. The van der Waals surface area contributed by atoms with Gasteiger partial charge in [-0.3, -0.25) is 4.79 Å². The second-order valence-corrected chi connectivity index (χ2v) is 11.0. The first-order chi connectivity index (χ1) is 14.3. The smallest absolute Gasteiger partial charge is 0.226 e. The summed E-state index contributed by atoms with van der Waals surface area (Å²) in [6.07, 6.45) is 8.83. The Morgan fingerprint density at radius 3 is 2.27 bits per heavy atom. The Hall–Kier alpha value is -1.85. The van der Waals surface area contributed by atoms with E-state index in [1.807, 2.05) is 18.2 Å². The molecule has 1 heterocycles. The van der Waals surface area contributed by atoms with E-state index in [0.717, 1.165) is 42.5 Å². The molecule has 1 amide bonds. The van der Waals surface area contributed by atoms with E-state index >= 15 is 0 Å². The average molecular weight is 446 g/mol. The molecule has 4 nitrogen and oxygen atoms in total. The Balaban J connectivity index is 1.45. The van der Waals surface area contributed by atoms with Crippen molar-refractivity contribution in [3.8, 4) is 11.1 Å². The van der Waals surface area contributed by atoms with Gasteiger partial charge >= 0.3 is 0 Å². The molecule has 1 unspecified atom stereocenters. The van der Waals surface area contributed by atoms with Gasteiger partial charge in [0.25, 0.3) is 0 Å². The summed E-state index contributed by atoms with van der Waals surface area (Å²) in [4.78, 5) is 15.4. The summed E-state index contributed by atoms with van der Waals surface area (Å²) in [6, 6.07) is 13.2. The maximum absolute atomic E-state index is 13.0. The van der Waals surface area contributed by atoms with E-state index in [1.165, 1.54) is 25.5 Å². The fourth-order valence-electron chi connectivity index (χ4n) is 4.76. The van der Waals surface area contributed by atoms with E-state index in [-0.39, 0.29) is 5.92 Å². The molecule has 2 aromatic rings. The van der Waals surface area contributed by atoms with Gasteiger partial charge < -0.3 is 4.90 Å². The SMILES string of the molecule is CS(=O)(=O)c1ccc(-c2ccc(CC3CCN(C4CCCCC4)C3=O)c(Cl)c2)cc1. The van der Waals surface area contributed by atoms with Crippen molar-refractivity contribution in [2.24, 2.45) is 5.92 Å². The summed E-state index contributed by atoms with van der Waals surface area (Å²) < 4.78 is 23.3. The van der Waals surface area contributed by atoms with Crippen LogP contribution in [0.4, 0.5) is 0 Å². The van der Waals surface area contributed by atoms with Gasteiger partial charge in [0.1, 0.15) is 0 Å². The summed E-state index contributed by atoms with van der Waals surface area (Å²) in [5, 5.41) is 0.656. The monoisotopic (exact) mass is 445 g/mol. The van der Waals surface area contributed by atoms with E-state index in [1.54, 1.807) is 24.3 Å². The fourth-order valence-corrected chi connectivity index (χ4v) is 5.65. The predicted octanol–water partition coefficient (Wildman–Crippen LogP) is 5.13. The molecule has 6 heteroatoms. The zero-order chi connectivity index (χ0) is 21.3. The van der Waals surface area contributed by atoms with Gasteiger partial charge in [-0.25, -0.2) is 8.42 Å². The Kier molecular flexibility index (Phi) is 6.21. The molecule has 0 radical (unpaired) electrons. The van der Waals surface area contributed by atoms with Crippen LogP contribution < -0.4 is 0 Å². The molecule has 2 aliphatic rings. The number of amides is 1. The Morgan fingerprint density at radius 1 is 0.967 bits per heavy atom. The van der Waals surface area contributed by atoms with Crippen molar-refractivity contribution in [3.63, 3.8) is 0 Å². The lowest BCUT2D eigenvalue weighted by molar-refractivity contribution is -0.133. The van der Waals surface area contributed by atoms with Crippen molar-refractivity contribution in [2.75, 3.05) is 12.8 Å².